The van der Waals surface area contributed by atoms with E-state index in [1.54, 1.807) is 24.3 Å². The van der Waals surface area contributed by atoms with Crippen molar-refractivity contribution in [2.75, 3.05) is 10.6 Å². The molecule has 0 aliphatic rings. The van der Waals surface area contributed by atoms with Crippen molar-refractivity contribution in [3.63, 3.8) is 0 Å². The second-order valence-electron chi connectivity index (χ2n) is 4.34. The molecule has 3 nitrogen and oxygen atoms in total. The van der Waals surface area contributed by atoms with E-state index < -0.39 is 5.82 Å². The molecule has 0 aliphatic heterocycles. The second-order valence-corrected chi connectivity index (χ2v) is 5.16. The predicted molar refractivity (Wildman–Crippen MR) is 87.7 cm³/mol. The van der Waals surface area contributed by atoms with Gasteiger partial charge in [-0.25, -0.2) is 4.39 Å². The van der Waals surface area contributed by atoms with Gasteiger partial charge in [-0.3, -0.25) is 4.79 Å². The van der Waals surface area contributed by atoms with Gasteiger partial charge < -0.3 is 10.6 Å². The molecule has 0 spiro atoms. The summed E-state index contributed by atoms with van der Waals surface area (Å²) in [5, 5.41) is 6.22. The molecular formula is C15H12ClFN2OS. The number of halogens is 2. The first-order valence-electron chi connectivity index (χ1n) is 6.10. The zero-order valence-electron chi connectivity index (χ0n) is 11.1. The number of hydrogen-bond acceptors (Lipinski definition) is 2. The van der Waals surface area contributed by atoms with E-state index in [1.807, 2.05) is 0 Å². The lowest BCUT2D eigenvalue weighted by Gasteiger charge is -2.11. The molecule has 0 amide bonds. The number of ketones is 1. The molecule has 0 aromatic heterocycles. The van der Waals surface area contributed by atoms with Gasteiger partial charge in [0.15, 0.2) is 10.9 Å². The molecule has 0 bridgehead atoms. The Morgan fingerprint density at radius 2 is 1.67 bits per heavy atom. The van der Waals surface area contributed by atoms with E-state index in [4.69, 9.17) is 23.8 Å². The zero-order valence-corrected chi connectivity index (χ0v) is 12.7. The van der Waals surface area contributed by atoms with Crippen molar-refractivity contribution in [3.8, 4) is 0 Å². The topological polar surface area (TPSA) is 41.1 Å². The summed E-state index contributed by atoms with van der Waals surface area (Å²) in [5.74, 6) is -0.482. The van der Waals surface area contributed by atoms with Crippen LogP contribution in [0.1, 0.15) is 17.3 Å². The second kappa shape index (κ2) is 6.65. The lowest BCUT2D eigenvalue weighted by atomic mass is 10.1. The van der Waals surface area contributed by atoms with E-state index in [2.05, 4.69) is 10.6 Å². The van der Waals surface area contributed by atoms with Crippen LogP contribution in [0.4, 0.5) is 15.8 Å². The SMILES string of the molecule is CC(=O)c1ccc(NC(=S)Nc2ccc(F)c(Cl)c2)cc1. The molecular weight excluding hydrogens is 311 g/mol. The van der Waals surface area contributed by atoms with Crippen LogP contribution in [0.5, 0.6) is 0 Å². The van der Waals surface area contributed by atoms with Crippen LogP contribution in [0.15, 0.2) is 42.5 Å². The average Bonchev–Trinajstić information content (AvgIpc) is 2.43. The van der Waals surface area contributed by atoms with Crippen LogP contribution in [0.2, 0.25) is 5.02 Å². The van der Waals surface area contributed by atoms with E-state index in [1.165, 1.54) is 25.1 Å². The summed E-state index contributed by atoms with van der Waals surface area (Å²) in [6.45, 7) is 1.51. The molecule has 0 unspecified atom stereocenters. The van der Waals surface area contributed by atoms with Gasteiger partial charge in [-0.2, -0.15) is 0 Å². The van der Waals surface area contributed by atoms with E-state index in [-0.39, 0.29) is 10.8 Å². The van der Waals surface area contributed by atoms with Gasteiger partial charge in [0, 0.05) is 16.9 Å². The highest BCUT2D eigenvalue weighted by atomic mass is 35.5. The number of rotatable bonds is 3. The monoisotopic (exact) mass is 322 g/mol. The summed E-state index contributed by atoms with van der Waals surface area (Å²) in [6.07, 6.45) is 0. The van der Waals surface area contributed by atoms with Crippen molar-refractivity contribution < 1.29 is 9.18 Å². The Morgan fingerprint density at radius 1 is 1.10 bits per heavy atom. The van der Waals surface area contributed by atoms with Gasteiger partial charge in [-0.05, 0) is 61.6 Å². The highest BCUT2D eigenvalue weighted by molar-refractivity contribution is 7.80. The Balaban J connectivity index is 2.01. The van der Waals surface area contributed by atoms with Crippen molar-refractivity contribution in [2.24, 2.45) is 0 Å². The van der Waals surface area contributed by atoms with Gasteiger partial charge in [0.1, 0.15) is 5.82 Å². The fourth-order valence-electron chi connectivity index (χ4n) is 1.66. The largest absolute Gasteiger partial charge is 0.332 e. The maximum absolute atomic E-state index is 13.1. The Labute approximate surface area is 132 Å². The van der Waals surface area contributed by atoms with Gasteiger partial charge >= 0.3 is 0 Å². The van der Waals surface area contributed by atoms with E-state index in [0.29, 0.717) is 16.4 Å². The molecule has 0 heterocycles. The molecule has 2 rings (SSSR count). The summed E-state index contributed by atoms with van der Waals surface area (Å²) >= 11 is 10.8. The highest BCUT2D eigenvalue weighted by Gasteiger charge is 2.04. The fourth-order valence-corrected chi connectivity index (χ4v) is 2.07. The Bertz CT molecular complexity index is 689. The van der Waals surface area contributed by atoms with Crippen LogP contribution < -0.4 is 10.6 Å². The lowest BCUT2D eigenvalue weighted by Crippen LogP contribution is -2.19. The number of thiocarbonyl (C=S) groups is 1. The molecule has 0 saturated heterocycles. The van der Waals surface area contributed by atoms with Crippen LogP contribution in [0.25, 0.3) is 0 Å². The molecule has 0 atom stereocenters. The first-order valence-corrected chi connectivity index (χ1v) is 6.88. The van der Waals surface area contributed by atoms with Gasteiger partial charge in [-0.15, -0.1) is 0 Å². The standard InChI is InChI=1S/C15H12ClFN2OS/c1-9(20)10-2-4-11(5-3-10)18-15(21)19-12-6-7-14(17)13(16)8-12/h2-8H,1H3,(H2,18,19,21). The Morgan fingerprint density at radius 3 is 2.24 bits per heavy atom. The summed E-state index contributed by atoms with van der Waals surface area (Å²) < 4.78 is 13.1. The number of nitrogens with one attached hydrogen (secondary N) is 2. The van der Waals surface area contributed by atoms with Crippen molar-refractivity contribution in [2.45, 2.75) is 6.92 Å². The summed E-state index contributed by atoms with van der Waals surface area (Å²) in [7, 11) is 0. The van der Waals surface area contributed by atoms with Crippen LogP contribution in [0, 0.1) is 5.82 Å². The molecule has 108 valence electrons. The molecule has 2 aromatic carbocycles. The Hall–Kier alpha value is -1.98. The van der Waals surface area contributed by atoms with E-state index in [9.17, 15) is 9.18 Å². The minimum Gasteiger partial charge on any atom is -0.332 e. The van der Waals surface area contributed by atoms with Crippen molar-refractivity contribution >= 4 is 46.1 Å². The maximum atomic E-state index is 13.1. The molecule has 2 N–H and O–H groups in total. The fraction of sp³-hybridized carbons (Fsp3) is 0.0667. The van der Waals surface area contributed by atoms with Crippen molar-refractivity contribution in [1.29, 1.82) is 0 Å². The summed E-state index contributed by atoms with van der Waals surface area (Å²) in [4.78, 5) is 11.2. The Kier molecular flexibility index (Phi) is 4.88. The zero-order chi connectivity index (χ0) is 15.4. The van der Waals surface area contributed by atoms with E-state index >= 15 is 0 Å². The predicted octanol–water partition coefficient (Wildman–Crippen LogP) is 4.49. The van der Waals surface area contributed by atoms with E-state index in [0.717, 1.165) is 5.69 Å². The third-order valence-corrected chi connectivity index (χ3v) is 3.22. The average molecular weight is 323 g/mol. The van der Waals surface area contributed by atoms with Crippen molar-refractivity contribution in [1.82, 2.24) is 0 Å². The smallest absolute Gasteiger partial charge is 0.175 e. The summed E-state index contributed by atoms with van der Waals surface area (Å²) in [6, 6.07) is 11.2. The minimum atomic E-state index is -0.485. The first-order chi connectivity index (χ1) is 9.95. The number of Topliss-reactive ketones (excluding diaryl/α,β-unsaturated/α-hetero) is 1. The van der Waals surface area contributed by atoms with Crippen LogP contribution in [-0.4, -0.2) is 10.9 Å². The van der Waals surface area contributed by atoms with Crippen molar-refractivity contribution in [3.05, 3.63) is 58.9 Å². The molecule has 0 radical (unpaired) electrons. The lowest BCUT2D eigenvalue weighted by molar-refractivity contribution is 0.101. The number of carbonyl (C=O) groups excluding carboxylic acids is 1. The summed E-state index contributed by atoms with van der Waals surface area (Å²) in [5.41, 5.74) is 1.95. The highest BCUT2D eigenvalue weighted by Crippen LogP contribution is 2.19. The maximum Gasteiger partial charge on any atom is 0.175 e. The van der Waals surface area contributed by atoms with Crippen LogP contribution in [-0.2, 0) is 0 Å². The van der Waals surface area contributed by atoms with Gasteiger partial charge in [0.05, 0.1) is 5.02 Å². The van der Waals surface area contributed by atoms with Gasteiger partial charge in [0.2, 0.25) is 0 Å². The molecule has 21 heavy (non-hydrogen) atoms. The number of carbonyl (C=O) groups is 1. The normalized spacial score (nSPS) is 10.0. The van der Waals surface area contributed by atoms with Crippen LogP contribution >= 0.6 is 23.8 Å². The molecule has 2 aromatic rings. The number of hydrogen-bond donors (Lipinski definition) is 2. The third kappa shape index (κ3) is 4.24. The molecule has 6 heteroatoms. The van der Waals surface area contributed by atoms with Crippen LogP contribution in [0.3, 0.4) is 0 Å². The minimum absolute atomic E-state index is 0.00297. The third-order valence-electron chi connectivity index (χ3n) is 2.73. The molecule has 0 saturated carbocycles. The quantitative estimate of drug-likeness (QED) is 0.645. The van der Waals surface area contributed by atoms with Gasteiger partial charge in [-0.1, -0.05) is 11.6 Å². The first kappa shape index (κ1) is 15.4. The molecule has 0 fully saturated rings. The van der Waals surface area contributed by atoms with Gasteiger partial charge in [0.25, 0.3) is 0 Å². The number of anilines is 2. The molecule has 0 aliphatic carbocycles. The number of benzene rings is 2.